The number of hydrogen-bond donors (Lipinski definition) is 0. The molecule has 0 unspecified atom stereocenters. The maximum Gasteiger partial charge on any atom is 0.307 e. The number of aromatic nitrogens is 3. The summed E-state index contributed by atoms with van der Waals surface area (Å²) in [4.78, 5) is 13.9. The minimum absolute atomic E-state index is 0.0457. The van der Waals surface area contributed by atoms with Crippen molar-refractivity contribution < 1.29 is 4.92 Å². The topological polar surface area (TPSA) is 73.8 Å². The highest BCUT2D eigenvalue weighted by molar-refractivity contribution is 5.28. The molecule has 2 aromatic heterocycles. The molecular formula is C8H6N4O2. The Hall–Kier alpha value is -2.24. The molecule has 0 radical (unpaired) electrons. The second kappa shape index (κ2) is 3.25. The van der Waals surface area contributed by atoms with Gasteiger partial charge in [0.25, 0.3) is 0 Å². The van der Waals surface area contributed by atoms with Crippen molar-refractivity contribution in [2.75, 3.05) is 0 Å². The first-order valence-electron chi connectivity index (χ1n) is 3.88. The molecule has 0 spiro atoms. The quantitative estimate of drug-likeness (QED) is 0.526. The van der Waals surface area contributed by atoms with Crippen LogP contribution in [0.2, 0.25) is 0 Å². The van der Waals surface area contributed by atoms with Gasteiger partial charge in [-0.1, -0.05) is 6.07 Å². The van der Waals surface area contributed by atoms with Crippen molar-refractivity contribution in [1.82, 2.24) is 14.8 Å². The highest BCUT2D eigenvalue weighted by Crippen LogP contribution is 2.10. The Bertz CT molecular complexity index is 451. The molecular weight excluding hydrogens is 184 g/mol. The molecule has 0 saturated carbocycles. The van der Waals surface area contributed by atoms with E-state index in [1.54, 1.807) is 24.4 Å². The molecule has 0 aliphatic rings. The van der Waals surface area contributed by atoms with Gasteiger partial charge in [-0.05, 0) is 12.1 Å². The first kappa shape index (κ1) is 8.36. The largest absolute Gasteiger partial charge is 0.307 e. The fourth-order valence-corrected chi connectivity index (χ4v) is 1.02. The van der Waals surface area contributed by atoms with Gasteiger partial charge >= 0.3 is 5.69 Å². The van der Waals surface area contributed by atoms with Crippen molar-refractivity contribution in [1.29, 1.82) is 0 Å². The number of nitro groups is 1. The molecule has 0 bridgehead atoms. The number of hydrogen-bond acceptors (Lipinski definition) is 4. The van der Waals surface area contributed by atoms with E-state index >= 15 is 0 Å². The third-order valence-electron chi connectivity index (χ3n) is 1.66. The monoisotopic (exact) mass is 190 g/mol. The number of nitrogens with zero attached hydrogens (tertiary/aromatic N) is 4. The fourth-order valence-electron chi connectivity index (χ4n) is 1.02. The van der Waals surface area contributed by atoms with Crippen LogP contribution in [-0.2, 0) is 0 Å². The summed E-state index contributed by atoms with van der Waals surface area (Å²) in [6.07, 6.45) is 4.11. The van der Waals surface area contributed by atoms with Gasteiger partial charge in [0.15, 0.2) is 5.82 Å². The highest BCUT2D eigenvalue weighted by Gasteiger charge is 2.09. The van der Waals surface area contributed by atoms with Gasteiger partial charge < -0.3 is 0 Å². The van der Waals surface area contributed by atoms with Crippen molar-refractivity contribution >= 4 is 5.69 Å². The molecule has 0 atom stereocenters. The van der Waals surface area contributed by atoms with E-state index in [9.17, 15) is 10.1 Å². The van der Waals surface area contributed by atoms with Crippen molar-refractivity contribution in [3.05, 3.63) is 46.9 Å². The maximum absolute atomic E-state index is 10.4. The lowest BCUT2D eigenvalue weighted by Gasteiger charge is -1.95. The molecule has 70 valence electrons. The SMILES string of the molecule is O=[N+]([O-])c1cnn(-c2ccccn2)c1. The Morgan fingerprint density at radius 2 is 2.29 bits per heavy atom. The zero-order valence-electron chi connectivity index (χ0n) is 7.07. The first-order chi connectivity index (χ1) is 6.77. The van der Waals surface area contributed by atoms with Crippen LogP contribution in [0.3, 0.4) is 0 Å². The summed E-state index contributed by atoms with van der Waals surface area (Å²) in [5, 5.41) is 14.2. The Labute approximate surface area is 79.0 Å². The van der Waals surface area contributed by atoms with E-state index in [-0.39, 0.29) is 5.69 Å². The summed E-state index contributed by atoms with van der Waals surface area (Å²) in [5.41, 5.74) is -0.0457. The summed E-state index contributed by atoms with van der Waals surface area (Å²) < 4.78 is 1.36. The predicted molar refractivity (Wildman–Crippen MR) is 48.0 cm³/mol. The van der Waals surface area contributed by atoms with E-state index in [4.69, 9.17) is 0 Å². The standard InChI is InChI=1S/C8H6N4O2/c13-12(14)7-5-10-11(6-7)8-3-1-2-4-9-8/h1-6H. The second-order valence-corrected chi connectivity index (χ2v) is 2.59. The van der Waals surface area contributed by atoms with Gasteiger partial charge in [0.1, 0.15) is 12.4 Å². The zero-order valence-corrected chi connectivity index (χ0v) is 7.07. The normalized spacial score (nSPS) is 10.0. The Kier molecular flexibility index (Phi) is 1.94. The second-order valence-electron chi connectivity index (χ2n) is 2.59. The van der Waals surface area contributed by atoms with Crippen molar-refractivity contribution in [2.24, 2.45) is 0 Å². The summed E-state index contributed by atoms with van der Waals surface area (Å²) in [5.74, 6) is 0.556. The van der Waals surface area contributed by atoms with Crippen molar-refractivity contribution in [2.45, 2.75) is 0 Å². The lowest BCUT2D eigenvalue weighted by Crippen LogP contribution is -1.96. The van der Waals surface area contributed by atoms with Crippen LogP contribution in [0.15, 0.2) is 36.8 Å². The van der Waals surface area contributed by atoms with Crippen LogP contribution >= 0.6 is 0 Å². The summed E-state index contributed by atoms with van der Waals surface area (Å²) in [6, 6.07) is 5.27. The molecule has 0 aromatic carbocycles. The lowest BCUT2D eigenvalue weighted by atomic mass is 10.5. The third-order valence-corrected chi connectivity index (χ3v) is 1.66. The minimum atomic E-state index is -0.494. The molecule has 0 fully saturated rings. The van der Waals surface area contributed by atoms with Crippen LogP contribution in [0.25, 0.3) is 5.82 Å². The third kappa shape index (κ3) is 1.45. The smallest absolute Gasteiger partial charge is 0.258 e. The van der Waals surface area contributed by atoms with E-state index < -0.39 is 4.92 Å². The van der Waals surface area contributed by atoms with Crippen molar-refractivity contribution in [3.63, 3.8) is 0 Å². The Morgan fingerprint density at radius 3 is 2.86 bits per heavy atom. The minimum Gasteiger partial charge on any atom is -0.258 e. The van der Waals surface area contributed by atoms with Crippen molar-refractivity contribution in [3.8, 4) is 5.82 Å². The Morgan fingerprint density at radius 1 is 1.43 bits per heavy atom. The average molecular weight is 190 g/mol. The molecule has 2 heterocycles. The van der Waals surface area contributed by atoms with Gasteiger partial charge in [0, 0.05) is 6.20 Å². The van der Waals surface area contributed by atoms with Gasteiger partial charge in [-0.25, -0.2) is 9.67 Å². The van der Waals surface area contributed by atoms with Crippen LogP contribution in [-0.4, -0.2) is 19.7 Å². The van der Waals surface area contributed by atoms with Crippen LogP contribution in [0.4, 0.5) is 5.69 Å². The molecule has 2 rings (SSSR count). The summed E-state index contributed by atoms with van der Waals surface area (Å²) in [7, 11) is 0. The molecule has 2 aromatic rings. The molecule has 6 heteroatoms. The van der Waals surface area contributed by atoms with Crippen LogP contribution < -0.4 is 0 Å². The molecule has 0 aliphatic heterocycles. The van der Waals surface area contributed by atoms with E-state index in [1.807, 2.05) is 0 Å². The molecule has 6 nitrogen and oxygen atoms in total. The fraction of sp³-hybridized carbons (Fsp3) is 0. The molecule has 0 amide bonds. The summed E-state index contributed by atoms with van der Waals surface area (Å²) >= 11 is 0. The molecule has 14 heavy (non-hydrogen) atoms. The first-order valence-corrected chi connectivity index (χ1v) is 3.88. The van der Waals surface area contributed by atoms with E-state index in [0.717, 1.165) is 0 Å². The van der Waals surface area contributed by atoms with Gasteiger partial charge in [0.05, 0.1) is 4.92 Å². The zero-order chi connectivity index (χ0) is 9.97. The van der Waals surface area contributed by atoms with Gasteiger partial charge in [-0.3, -0.25) is 10.1 Å². The predicted octanol–water partition coefficient (Wildman–Crippen LogP) is 1.18. The van der Waals surface area contributed by atoms with Crippen LogP contribution in [0.1, 0.15) is 0 Å². The van der Waals surface area contributed by atoms with E-state index in [0.29, 0.717) is 5.82 Å². The Balaban J connectivity index is 2.39. The van der Waals surface area contributed by atoms with Gasteiger partial charge in [-0.15, -0.1) is 0 Å². The molecule has 0 N–H and O–H groups in total. The molecule has 0 saturated heterocycles. The van der Waals surface area contributed by atoms with Gasteiger partial charge in [-0.2, -0.15) is 5.10 Å². The number of rotatable bonds is 2. The van der Waals surface area contributed by atoms with Gasteiger partial charge in [0.2, 0.25) is 0 Å². The molecule has 0 aliphatic carbocycles. The van der Waals surface area contributed by atoms with Crippen LogP contribution in [0, 0.1) is 10.1 Å². The number of pyridine rings is 1. The maximum atomic E-state index is 10.4. The van der Waals surface area contributed by atoms with E-state index in [2.05, 4.69) is 10.1 Å². The highest BCUT2D eigenvalue weighted by atomic mass is 16.6. The lowest BCUT2D eigenvalue weighted by molar-refractivity contribution is -0.384. The van der Waals surface area contributed by atoms with E-state index in [1.165, 1.54) is 17.1 Å². The van der Waals surface area contributed by atoms with Crippen LogP contribution in [0.5, 0.6) is 0 Å². The average Bonchev–Trinajstić information content (AvgIpc) is 2.68. The summed E-state index contributed by atoms with van der Waals surface area (Å²) in [6.45, 7) is 0.